The molecule has 1 aliphatic rings. The minimum absolute atomic E-state index is 0.115. The van der Waals surface area contributed by atoms with Crippen LogP contribution in [0.5, 0.6) is 0 Å². The van der Waals surface area contributed by atoms with E-state index in [9.17, 15) is 9.59 Å². The lowest BCUT2D eigenvalue weighted by molar-refractivity contribution is -0.147. The predicted molar refractivity (Wildman–Crippen MR) is 99.9 cm³/mol. The summed E-state index contributed by atoms with van der Waals surface area (Å²) in [5.74, 6) is -0.359. The van der Waals surface area contributed by atoms with Crippen molar-refractivity contribution in [2.45, 2.75) is 6.04 Å². The normalized spacial score (nSPS) is 16.3. The number of esters is 1. The summed E-state index contributed by atoms with van der Waals surface area (Å²) in [6.45, 7) is 2.33. The molecule has 2 heterocycles. The van der Waals surface area contributed by atoms with Gasteiger partial charge in [0.25, 0.3) is 5.56 Å². The quantitative estimate of drug-likeness (QED) is 0.797. The number of aromatic nitrogens is 2. The Bertz CT molecular complexity index is 850. The van der Waals surface area contributed by atoms with Crippen molar-refractivity contribution in [1.82, 2.24) is 15.1 Å². The van der Waals surface area contributed by atoms with E-state index in [0.717, 1.165) is 0 Å². The molecule has 1 aliphatic heterocycles. The van der Waals surface area contributed by atoms with E-state index in [1.54, 1.807) is 6.07 Å². The highest BCUT2D eigenvalue weighted by Crippen LogP contribution is 2.30. The van der Waals surface area contributed by atoms with Crippen LogP contribution < -0.4 is 10.5 Å². The van der Waals surface area contributed by atoms with Gasteiger partial charge < -0.3 is 9.64 Å². The van der Waals surface area contributed by atoms with Gasteiger partial charge in [-0.05, 0) is 11.6 Å². The first kappa shape index (κ1) is 18.7. The SMILES string of the molecule is COC(=O)C(c1ccccc1Cl)N1CCN(c2cn[nH]c(=O)c2Cl)CC1. The second-order valence-electron chi connectivity index (χ2n) is 5.87. The van der Waals surface area contributed by atoms with Crippen molar-refractivity contribution in [2.75, 3.05) is 38.2 Å². The molecule has 1 N–H and O–H groups in total. The number of piperazine rings is 1. The van der Waals surface area contributed by atoms with Crippen LogP contribution in [0, 0.1) is 0 Å². The summed E-state index contributed by atoms with van der Waals surface area (Å²) < 4.78 is 4.99. The minimum Gasteiger partial charge on any atom is -0.468 e. The van der Waals surface area contributed by atoms with Gasteiger partial charge in [0.15, 0.2) is 0 Å². The molecular weight excluding hydrogens is 379 g/mol. The number of carbonyl (C=O) groups excluding carboxylic acids is 1. The van der Waals surface area contributed by atoms with Gasteiger partial charge in [-0.3, -0.25) is 9.69 Å². The third kappa shape index (κ3) is 3.70. The fourth-order valence-corrected chi connectivity index (χ4v) is 3.55. The van der Waals surface area contributed by atoms with E-state index in [1.807, 2.05) is 28.0 Å². The lowest BCUT2D eigenvalue weighted by atomic mass is 10.0. The van der Waals surface area contributed by atoms with Gasteiger partial charge in [-0.15, -0.1) is 0 Å². The number of aromatic amines is 1. The number of H-pyrrole nitrogens is 1. The Balaban J connectivity index is 1.80. The van der Waals surface area contributed by atoms with E-state index in [0.29, 0.717) is 42.5 Å². The molecule has 3 rings (SSSR count). The van der Waals surface area contributed by atoms with Crippen LogP contribution in [0.25, 0.3) is 0 Å². The topological polar surface area (TPSA) is 78.5 Å². The average molecular weight is 397 g/mol. The highest BCUT2D eigenvalue weighted by molar-refractivity contribution is 6.33. The molecule has 0 saturated carbocycles. The van der Waals surface area contributed by atoms with E-state index in [2.05, 4.69) is 10.2 Å². The zero-order valence-electron chi connectivity index (χ0n) is 14.1. The summed E-state index contributed by atoms with van der Waals surface area (Å²) in [4.78, 5) is 28.0. The molecule has 0 spiro atoms. The summed E-state index contributed by atoms with van der Waals surface area (Å²) in [7, 11) is 1.37. The van der Waals surface area contributed by atoms with Crippen molar-refractivity contribution in [2.24, 2.45) is 0 Å². The Labute approximate surface area is 160 Å². The van der Waals surface area contributed by atoms with Gasteiger partial charge in [-0.25, -0.2) is 9.89 Å². The molecule has 9 heteroatoms. The van der Waals surface area contributed by atoms with Crippen molar-refractivity contribution >= 4 is 34.9 Å². The van der Waals surface area contributed by atoms with Gasteiger partial charge >= 0.3 is 5.97 Å². The van der Waals surface area contributed by atoms with Crippen LogP contribution in [0.1, 0.15) is 11.6 Å². The molecular formula is C17H18Cl2N4O3. The number of halogens is 2. The number of nitrogens with one attached hydrogen (secondary N) is 1. The van der Waals surface area contributed by atoms with Gasteiger partial charge in [0.1, 0.15) is 11.1 Å². The smallest absolute Gasteiger partial charge is 0.327 e. The van der Waals surface area contributed by atoms with Crippen LogP contribution in [0.3, 0.4) is 0 Å². The monoisotopic (exact) mass is 396 g/mol. The van der Waals surface area contributed by atoms with Gasteiger partial charge in [0.05, 0.1) is 19.0 Å². The summed E-state index contributed by atoms with van der Waals surface area (Å²) in [5.41, 5.74) is 0.878. The Morgan fingerprint density at radius 3 is 2.58 bits per heavy atom. The molecule has 0 aliphatic carbocycles. The molecule has 1 atom stereocenters. The van der Waals surface area contributed by atoms with Gasteiger partial charge in [-0.2, -0.15) is 5.10 Å². The number of ether oxygens (including phenoxy) is 1. The van der Waals surface area contributed by atoms with Crippen LogP contribution in [0.2, 0.25) is 10.0 Å². The first-order chi connectivity index (χ1) is 12.5. The molecule has 0 amide bonds. The Morgan fingerprint density at radius 2 is 1.92 bits per heavy atom. The van der Waals surface area contributed by atoms with Crippen molar-refractivity contribution in [3.8, 4) is 0 Å². The largest absolute Gasteiger partial charge is 0.468 e. The van der Waals surface area contributed by atoms with E-state index in [1.165, 1.54) is 13.3 Å². The standard InChI is InChI=1S/C17H18Cl2N4O3/c1-26-17(25)15(11-4-2-3-5-12(11)18)23-8-6-22(7-9-23)13-10-20-21-16(24)14(13)19/h2-5,10,15H,6-9H2,1H3,(H,21,24). The second-order valence-corrected chi connectivity index (χ2v) is 6.65. The zero-order chi connectivity index (χ0) is 18.7. The molecule has 0 radical (unpaired) electrons. The van der Waals surface area contributed by atoms with Crippen LogP contribution in [-0.4, -0.2) is 54.4 Å². The first-order valence-corrected chi connectivity index (χ1v) is 8.83. The number of methoxy groups -OCH3 is 1. The lowest BCUT2D eigenvalue weighted by Crippen LogP contribution is -2.49. The molecule has 26 heavy (non-hydrogen) atoms. The van der Waals surface area contributed by atoms with E-state index in [-0.39, 0.29) is 11.0 Å². The molecule has 138 valence electrons. The van der Waals surface area contributed by atoms with Crippen molar-refractivity contribution in [3.63, 3.8) is 0 Å². The highest BCUT2D eigenvalue weighted by atomic mass is 35.5. The van der Waals surface area contributed by atoms with Crippen LogP contribution in [-0.2, 0) is 9.53 Å². The number of anilines is 1. The Morgan fingerprint density at radius 1 is 1.23 bits per heavy atom. The van der Waals surface area contributed by atoms with Crippen molar-refractivity contribution in [3.05, 3.63) is 56.4 Å². The van der Waals surface area contributed by atoms with Crippen molar-refractivity contribution < 1.29 is 9.53 Å². The molecule has 1 saturated heterocycles. The van der Waals surface area contributed by atoms with Crippen LogP contribution in [0.4, 0.5) is 5.69 Å². The maximum Gasteiger partial charge on any atom is 0.327 e. The third-order valence-corrected chi connectivity index (χ3v) is 5.13. The molecule has 1 aromatic heterocycles. The Kier molecular flexibility index (Phi) is 5.80. The molecule has 7 nitrogen and oxygen atoms in total. The van der Waals surface area contributed by atoms with E-state index >= 15 is 0 Å². The highest BCUT2D eigenvalue weighted by Gasteiger charge is 2.33. The average Bonchev–Trinajstić information content (AvgIpc) is 2.66. The van der Waals surface area contributed by atoms with Gasteiger partial charge in [0, 0.05) is 31.2 Å². The molecule has 1 fully saturated rings. The first-order valence-electron chi connectivity index (χ1n) is 8.07. The maximum atomic E-state index is 12.4. The molecule has 0 bridgehead atoms. The second kappa shape index (κ2) is 8.07. The summed E-state index contributed by atoms with van der Waals surface area (Å²) in [6, 6.07) is 6.66. The Hall–Kier alpha value is -2.09. The molecule has 1 aromatic carbocycles. The number of nitrogens with zero attached hydrogens (tertiary/aromatic N) is 3. The summed E-state index contributed by atoms with van der Waals surface area (Å²) in [6.07, 6.45) is 1.53. The number of benzene rings is 1. The number of rotatable bonds is 4. The number of hydrogen-bond acceptors (Lipinski definition) is 6. The fourth-order valence-electron chi connectivity index (χ4n) is 3.10. The zero-order valence-corrected chi connectivity index (χ0v) is 15.6. The van der Waals surface area contributed by atoms with Crippen LogP contribution in [0.15, 0.2) is 35.3 Å². The fraction of sp³-hybridized carbons (Fsp3) is 0.353. The predicted octanol–water partition coefficient (Wildman–Crippen LogP) is 2.11. The maximum absolute atomic E-state index is 12.4. The third-order valence-electron chi connectivity index (χ3n) is 4.42. The number of carbonyl (C=O) groups is 1. The van der Waals surface area contributed by atoms with E-state index < -0.39 is 11.6 Å². The molecule has 1 unspecified atom stereocenters. The summed E-state index contributed by atoms with van der Waals surface area (Å²) in [5, 5.41) is 6.75. The molecule has 2 aromatic rings. The lowest BCUT2D eigenvalue weighted by Gasteiger charge is -2.39. The summed E-state index contributed by atoms with van der Waals surface area (Å²) >= 11 is 12.4. The van der Waals surface area contributed by atoms with Gasteiger partial charge in [-0.1, -0.05) is 41.4 Å². The van der Waals surface area contributed by atoms with Gasteiger partial charge in [0.2, 0.25) is 0 Å². The van der Waals surface area contributed by atoms with Crippen molar-refractivity contribution in [1.29, 1.82) is 0 Å². The van der Waals surface area contributed by atoms with Crippen LogP contribution >= 0.6 is 23.2 Å². The number of hydrogen-bond donors (Lipinski definition) is 1. The van der Waals surface area contributed by atoms with E-state index in [4.69, 9.17) is 27.9 Å². The minimum atomic E-state index is -0.580.